The molecule has 5 rings (SSSR count). The molecule has 0 aromatic rings. The van der Waals surface area contributed by atoms with Gasteiger partial charge in [-0.2, -0.15) is 0 Å². The largest absolute Gasteiger partial charge is 0.462 e. The Balaban J connectivity index is 1.38. The normalized spacial score (nSPS) is 50.1. The molecule has 5 fully saturated rings. The molecule has 6 heteroatoms. The summed E-state index contributed by atoms with van der Waals surface area (Å²) >= 11 is 0. The van der Waals surface area contributed by atoms with Gasteiger partial charge in [0.1, 0.15) is 6.10 Å². The van der Waals surface area contributed by atoms with E-state index in [2.05, 4.69) is 27.7 Å². The number of rotatable bonds is 5. The zero-order chi connectivity index (χ0) is 24.6. The van der Waals surface area contributed by atoms with Gasteiger partial charge in [0.05, 0.1) is 24.4 Å². The monoisotopic (exact) mass is 478 g/mol. The lowest BCUT2D eigenvalue weighted by molar-refractivity contribution is -0.175. The molecule has 13 atom stereocenters. The van der Waals surface area contributed by atoms with E-state index < -0.39 is 24.4 Å². The number of ether oxygens (including phenoxy) is 1. The summed E-state index contributed by atoms with van der Waals surface area (Å²) in [6, 6.07) is 0. The molecule has 0 aromatic heterocycles. The first-order chi connectivity index (χ1) is 16.0. The van der Waals surface area contributed by atoms with Gasteiger partial charge in [-0.25, -0.2) is 0 Å². The summed E-state index contributed by atoms with van der Waals surface area (Å²) in [5, 5.41) is 42.9. The number of aliphatic hydroxyl groups excluding tert-OH is 4. The van der Waals surface area contributed by atoms with Gasteiger partial charge in [0.2, 0.25) is 0 Å². The smallest absolute Gasteiger partial charge is 0.306 e. The highest BCUT2D eigenvalue weighted by atomic mass is 16.5. The first kappa shape index (κ1) is 25.0. The van der Waals surface area contributed by atoms with Crippen LogP contribution in [0.2, 0.25) is 0 Å². The standard InChI is InChI=1S/C28H46O6/c1-14(16-5-6-16)25(32)26(33)15(2)18-7-8-19-17-11-24(31)34-23-12-21(29)22(30)13-28(23,4)20(17)9-10-27(18,19)3/h14-23,25-26,29-30,32-33H,5-13H2,1-4H3/t14-,15-,17?,18+,19?,20?,21-,22+,23?,25+,26+,27+,28+/m0/s1. The molecular weight excluding hydrogens is 432 g/mol. The molecule has 34 heavy (non-hydrogen) atoms. The van der Waals surface area contributed by atoms with Gasteiger partial charge in [0, 0.05) is 18.3 Å². The van der Waals surface area contributed by atoms with Crippen molar-refractivity contribution < 1.29 is 30.0 Å². The van der Waals surface area contributed by atoms with Crippen LogP contribution in [0.15, 0.2) is 0 Å². The summed E-state index contributed by atoms with van der Waals surface area (Å²) < 4.78 is 5.93. The zero-order valence-corrected chi connectivity index (χ0v) is 21.4. The van der Waals surface area contributed by atoms with E-state index in [0.29, 0.717) is 37.0 Å². The van der Waals surface area contributed by atoms with Crippen molar-refractivity contribution >= 4 is 5.97 Å². The summed E-state index contributed by atoms with van der Waals surface area (Å²) in [5.74, 6) is 1.70. The number of esters is 1. The lowest BCUT2D eigenvalue weighted by Gasteiger charge is -2.56. The molecule has 4 saturated carbocycles. The van der Waals surface area contributed by atoms with Crippen LogP contribution in [-0.2, 0) is 9.53 Å². The van der Waals surface area contributed by atoms with Crippen molar-refractivity contribution in [1.82, 2.24) is 0 Å². The van der Waals surface area contributed by atoms with Crippen LogP contribution >= 0.6 is 0 Å². The molecule has 1 aliphatic heterocycles. The zero-order valence-electron chi connectivity index (χ0n) is 21.4. The van der Waals surface area contributed by atoms with E-state index in [9.17, 15) is 25.2 Å². The Hall–Kier alpha value is -0.690. The third-order valence-electron chi connectivity index (χ3n) is 11.7. The van der Waals surface area contributed by atoms with Crippen molar-refractivity contribution in [3.8, 4) is 0 Å². The SMILES string of the molecule is C[C@H]([C@@H](O)[C@H](O)[C@@H](C)C1CC1)[C@H]1CCC2C3CC(=O)OC4C[C@H](O)[C@H](O)C[C@]4(C)C3CC[C@@]21C. The minimum absolute atomic E-state index is 0.00969. The van der Waals surface area contributed by atoms with E-state index in [-0.39, 0.29) is 46.6 Å². The third-order valence-corrected chi connectivity index (χ3v) is 11.7. The van der Waals surface area contributed by atoms with Gasteiger partial charge < -0.3 is 25.2 Å². The average Bonchev–Trinajstić information content (AvgIpc) is 3.58. The Labute approximate surface area is 204 Å². The predicted molar refractivity (Wildman–Crippen MR) is 127 cm³/mol. The van der Waals surface area contributed by atoms with Crippen molar-refractivity contribution in [2.45, 2.75) is 116 Å². The fourth-order valence-corrected chi connectivity index (χ4v) is 9.39. The van der Waals surface area contributed by atoms with E-state index in [0.717, 1.165) is 38.5 Å². The predicted octanol–water partition coefficient (Wildman–Crippen LogP) is 3.29. The van der Waals surface area contributed by atoms with Gasteiger partial charge in [0.25, 0.3) is 0 Å². The average molecular weight is 479 g/mol. The minimum Gasteiger partial charge on any atom is -0.462 e. The number of hydrogen-bond donors (Lipinski definition) is 4. The molecule has 1 saturated heterocycles. The molecule has 4 unspecified atom stereocenters. The summed E-state index contributed by atoms with van der Waals surface area (Å²) in [6.07, 6.45) is 4.24. The Kier molecular flexibility index (Phi) is 6.40. The summed E-state index contributed by atoms with van der Waals surface area (Å²) in [5.41, 5.74) is -0.302. The maximum absolute atomic E-state index is 12.9. The number of carbonyl (C=O) groups excluding carboxylic acids is 1. The highest BCUT2D eigenvalue weighted by Gasteiger charge is 2.62. The summed E-state index contributed by atoms with van der Waals surface area (Å²) in [4.78, 5) is 12.9. The second-order valence-corrected chi connectivity index (χ2v) is 13.4. The second kappa shape index (κ2) is 8.71. The van der Waals surface area contributed by atoms with Crippen LogP contribution in [-0.4, -0.2) is 56.9 Å². The maximum Gasteiger partial charge on any atom is 0.306 e. The first-order valence-corrected chi connectivity index (χ1v) is 13.9. The van der Waals surface area contributed by atoms with Gasteiger partial charge in [0.15, 0.2) is 0 Å². The van der Waals surface area contributed by atoms with Crippen molar-refractivity contribution in [1.29, 1.82) is 0 Å². The Bertz CT molecular complexity index is 783. The lowest BCUT2D eigenvalue weighted by Crippen LogP contribution is -2.55. The quantitative estimate of drug-likeness (QED) is 0.452. The van der Waals surface area contributed by atoms with Crippen molar-refractivity contribution in [3.05, 3.63) is 0 Å². The second-order valence-electron chi connectivity index (χ2n) is 13.4. The van der Waals surface area contributed by atoms with Gasteiger partial charge in [-0.05, 0) is 91.8 Å². The van der Waals surface area contributed by atoms with Crippen LogP contribution in [0.4, 0.5) is 0 Å². The van der Waals surface area contributed by atoms with Gasteiger partial charge in [-0.1, -0.05) is 27.7 Å². The highest BCUT2D eigenvalue weighted by Crippen LogP contribution is 2.66. The number of fused-ring (bicyclic) bond motifs is 5. The van der Waals surface area contributed by atoms with Crippen LogP contribution in [0.3, 0.4) is 0 Å². The van der Waals surface area contributed by atoms with E-state index in [4.69, 9.17) is 4.74 Å². The number of hydrogen-bond acceptors (Lipinski definition) is 6. The molecule has 0 amide bonds. The van der Waals surface area contributed by atoms with Crippen LogP contribution in [0, 0.1) is 52.3 Å². The van der Waals surface area contributed by atoms with Crippen LogP contribution in [0.5, 0.6) is 0 Å². The van der Waals surface area contributed by atoms with E-state index >= 15 is 0 Å². The molecule has 194 valence electrons. The van der Waals surface area contributed by atoms with Crippen LogP contribution < -0.4 is 0 Å². The maximum atomic E-state index is 12.9. The third kappa shape index (κ3) is 3.86. The first-order valence-electron chi connectivity index (χ1n) is 13.9. The van der Waals surface area contributed by atoms with E-state index in [1.807, 2.05) is 0 Å². The topological polar surface area (TPSA) is 107 Å². The van der Waals surface area contributed by atoms with Gasteiger partial charge in [-0.3, -0.25) is 4.79 Å². The molecule has 5 aliphatic rings. The van der Waals surface area contributed by atoms with Crippen molar-refractivity contribution in [2.75, 3.05) is 0 Å². The molecule has 4 aliphatic carbocycles. The van der Waals surface area contributed by atoms with E-state index in [1.165, 1.54) is 0 Å². The molecule has 0 spiro atoms. The van der Waals surface area contributed by atoms with Crippen LogP contribution in [0.1, 0.15) is 85.5 Å². The summed E-state index contributed by atoms with van der Waals surface area (Å²) in [6.45, 7) is 8.73. The Morgan fingerprint density at radius 3 is 2.21 bits per heavy atom. The van der Waals surface area contributed by atoms with Gasteiger partial charge >= 0.3 is 5.97 Å². The van der Waals surface area contributed by atoms with Crippen molar-refractivity contribution in [3.63, 3.8) is 0 Å². The fourth-order valence-electron chi connectivity index (χ4n) is 9.39. The summed E-state index contributed by atoms with van der Waals surface area (Å²) in [7, 11) is 0. The van der Waals surface area contributed by atoms with Crippen molar-refractivity contribution in [2.24, 2.45) is 52.3 Å². The molecule has 0 radical (unpaired) electrons. The van der Waals surface area contributed by atoms with E-state index in [1.54, 1.807) is 0 Å². The Morgan fingerprint density at radius 2 is 1.53 bits per heavy atom. The fraction of sp³-hybridized carbons (Fsp3) is 0.964. The number of carbonyl (C=O) groups is 1. The molecule has 0 bridgehead atoms. The molecule has 0 aromatic carbocycles. The Morgan fingerprint density at radius 1 is 0.882 bits per heavy atom. The van der Waals surface area contributed by atoms with Crippen LogP contribution in [0.25, 0.3) is 0 Å². The van der Waals surface area contributed by atoms with Gasteiger partial charge in [-0.15, -0.1) is 0 Å². The minimum atomic E-state index is -0.834. The molecular formula is C28H46O6. The lowest BCUT2D eigenvalue weighted by atomic mass is 9.49. The molecule has 1 heterocycles. The molecule has 6 nitrogen and oxygen atoms in total. The molecule has 4 N–H and O–H groups in total. The highest BCUT2D eigenvalue weighted by molar-refractivity contribution is 5.70. The number of aliphatic hydroxyl groups is 4.